The minimum Gasteiger partial charge on any atom is -0.385 e. The Morgan fingerprint density at radius 1 is 1.27 bits per heavy atom. The third kappa shape index (κ3) is 3.53. The van der Waals surface area contributed by atoms with Crippen LogP contribution in [0.3, 0.4) is 0 Å². The first-order chi connectivity index (χ1) is 7.02. The van der Waals surface area contributed by atoms with Crippen LogP contribution in [-0.2, 0) is 0 Å². The molecule has 1 rings (SSSR count). The van der Waals surface area contributed by atoms with Gasteiger partial charge in [0.15, 0.2) is 0 Å². The summed E-state index contributed by atoms with van der Waals surface area (Å²) in [5, 5.41) is 3.46. The van der Waals surface area contributed by atoms with Gasteiger partial charge in [0.25, 0.3) is 0 Å². The van der Waals surface area contributed by atoms with E-state index in [1.54, 1.807) is 0 Å². The Bertz CT molecular complexity index is 203. The van der Waals surface area contributed by atoms with Crippen molar-refractivity contribution in [2.24, 2.45) is 5.92 Å². The summed E-state index contributed by atoms with van der Waals surface area (Å²) in [5.41, 5.74) is 1.20. The zero-order chi connectivity index (χ0) is 11.4. The monoisotopic (exact) mass is 210 g/mol. The summed E-state index contributed by atoms with van der Waals surface area (Å²) in [7, 11) is 4.33. The van der Waals surface area contributed by atoms with E-state index in [1.165, 1.54) is 31.4 Å². The van der Waals surface area contributed by atoms with Crippen LogP contribution in [0.4, 0.5) is 0 Å². The summed E-state index contributed by atoms with van der Waals surface area (Å²) in [6, 6.07) is 0.997. The lowest BCUT2D eigenvalue weighted by atomic mass is 9.94. The van der Waals surface area contributed by atoms with Gasteiger partial charge in [0, 0.05) is 11.7 Å². The van der Waals surface area contributed by atoms with E-state index >= 15 is 0 Å². The molecule has 0 bridgehead atoms. The van der Waals surface area contributed by atoms with E-state index < -0.39 is 0 Å². The van der Waals surface area contributed by atoms with Gasteiger partial charge < -0.3 is 10.2 Å². The molecule has 0 radical (unpaired) electrons. The lowest BCUT2D eigenvalue weighted by Crippen LogP contribution is -2.41. The highest BCUT2D eigenvalue weighted by Crippen LogP contribution is 2.31. The number of nitrogens with one attached hydrogen (secondary N) is 1. The van der Waals surface area contributed by atoms with Crippen molar-refractivity contribution in [3.63, 3.8) is 0 Å². The maximum Gasteiger partial charge on any atom is 0.0512 e. The number of rotatable bonds is 5. The van der Waals surface area contributed by atoms with Gasteiger partial charge in [-0.05, 0) is 46.7 Å². The molecule has 0 amide bonds. The molecule has 88 valence electrons. The molecule has 1 atom stereocenters. The van der Waals surface area contributed by atoms with Gasteiger partial charge >= 0.3 is 0 Å². The van der Waals surface area contributed by atoms with Crippen LogP contribution >= 0.6 is 0 Å². The molecule has 1 unspecified atom stereocenters. The molecule has 0 spiro atoms. The minimum atomic E-state index is 0.487. The molecular formula is C13H26N2. The van der Waals surface area contributed by atoms with E-state index in [2.05, 4.69) is 44.7 Å². The van der Waals surface area contributed by atoms with Crippen LogP contribution in [-0.4, -0.2) is 31.1 Å². The van der Waals surface area contributed by atoms with Crippen LogP contribution in [0.1, 0.15) is 39.5 Å². The van der Waals surface area contributed by atoms with Crippen molar-refractivity contribution < 1.29 is 0 Å². The predicted octanol–water partition coefficient (Wildman–Crippen LogP) is 2.62. The molecule has 2 heteroatoms. The smallest absolute Gasteiger partial charge is 0.0512 e. The molecule has 0 aromatic carbocycles. The van der Waals surface area contributed by atoms with E-state index in [-0.39, 0.29) is 0 Å². The third-order valence-corrected chi connectivity index (χ3v) is 3.23. The Balaban J connectivity index is 2.60. The Morgan fingerprint density at radius 2 is 1.80 bits per heavy atom. The standard InChI is InChI=1S/C13H26N2/c1-10(2)14-11(3)13(15(4)5)12-8-6-7-9-12/h10,12-14H,3,6-9H2,1-2,4-5H3. The number of hydrogen-bond acceptors (Lipinski definition) is 2. The Hall–Kier alpha value is -0.500. The molecule has 1 aliphatic carbocycles. The van der Waals surface area contributed by atoms with Crippen LogP contribution in [0.15, 0.2) is 12.3 Å². The summed E-state index contributed by atoms with van der Waals surface area (Å²) < 4.78 is 0. The first kappa shape index (κ1) is 12.6. The second-order valence-corrected chi connectivity index (χ2v) is 5.28. The molecule has 1 saturated carbocycles. The molecule has 1 fully saturated rings. The summed E-state index contributed by atoms with van der Waals surface area (Å²) in [6.45, 7) is 8.55. The highest BCUT2D eigenvalue weighted by molar-refractivity contribution is 5.07. The molecule has 0 heterocycles. The van der Waals surface area contributed by atoms with Crippen molar-refractivity contribution in [1.29, 1.82) is 0 Å². The topological polar surface area (TPSA) is 15.3 Å². The lowest BCUT2D eigenvalue weighted by Gasteiger charge is -2.33. The normalized spacial score (nSPS) is 19.9. The van der Waals surface area contributed by atoms with E-state index in [0.717, 1.165) is 5.92 Å². The van der Waals surface area contributed by atoms with E-state index in [9.17, 15) is 0 Å². The molecule has 2 nitrogen and oxygen atoms in total. The van der Waals surface area contributed by atoms with Crippen molar-refractivity contribution >= 4 is 0 Å². The fourth-order valence-corrected chi connectivity index (χ4v) is 2.75. The highest BCUT2D eigenvalue weighted by Gasteiger charge is 2.28. The molecule has 0 aromatic heterocycles. The van der Waals surface area contributed by atoms with Crippen LogP contribution < -0.4 is 5.32 Å². The van der Waals surface area contributed by atoms with Gasteiger partial charge in [-0.15, -0.1) is 0 Å². The van der Waals surface area contributed by atoms with Crippen molar-refractivity contribution in [1.82, 2.24) is 10.2 Å². The van der Waals surface area contributed by atoms with Crippen LogP contribution in [0.25, 0.3) is 0 Å². The van der Waals surface area contributed by atoms with E-state index in [1.807, 2.05) is 0 Å². The van der Waals surface area contributed by atoms with E-state index in [0.29, 0.717) is 12.1 Å². The average Bonchev–Trinajstić information content (AvgIpc) is 2.54. The van der Waals surface area contributed by atoms with Crippen molar-refractivity contribution in [3.8, 4) is 0 Å². The molecule has 15 heavy (non-hydrogen) atoms. The van der Waals surface area contributed by atoms with Gasteiger partial charge in [0.1, 0.15) is 0 Å². The van der Waals surface area contributed by atoms with Gasteiger partial charge in [-0.25, -0.2) is 0 Å². The fraction of sp³-hybridized carbons (Fsp3) is 0.846. The predicted molar refractivity (Wildman–Crippen MR) is 66.8 cm³/mol. The van der Waals surface area contributed by atoms with Crippen molar-refractivity contribution in [3.05, 3.63) is 12.3 Å². The molecule has 1 N–H and O–H groups in total. The van der Waals surface area contributed by atoms with Gasteiger partial charge in [-0.1, -0.05) is 19.4 Å². The molecule has 1 aliphatic rings. The van der Waals surface area contributed by atoms with Gasteiger partial charge in [0.2, 0.25) is 0 Å². The maximum absolute atomic E-state index is 4.21. The van der Waals surface area contributed by atoms with Gasteiger partial charge in [-0.2, -0.15) is 0 Å². The second-order valence-electron chi connectivity index (χ2n) is 5.28. The van der Waals surface area contributed by atoms with Crippen LogP contribution in [0, 0.1) is 5.92 Å². The van der Waals surface area contributed by atoms with Gasteiger partial charge in [0.05, 0.1) is 6.04 Å². The van der Waals surface area contributed by atoms with Crippen molar-refractivity contribution in [2.75, 3.05) is 14.1 Å². The number of hydrogen-bond donors (Lipinski definition) is 1. The average molecular weight is 210 g/mol. The Kier molecular flexibility index (Phi) is 4.65. The molecular weight excluding hydrogens is 184 g/mol. The van der Waals surface area contributed by atoms with Crippen LogP contribution in [0.5, 0.6) is 0 Å². The second kappa shape index (κ2) is 5.55. The first-order valence-electron chi connectivity index (χ1n) is 6.14. The largest absolute Gasteiger partial charge is 0.385 e. The fourth-order valence-electron chi connectivity index (χ4n) is 2.75. The Morgan fingerprint density at radius 3 is 2.20 bits per heavy atom. The lowest BCUT2D eigenvalue weighted by molar-refractivity contribution is 0.234. The Labute approximate surface area is 94.7 Å². The summed E-state index contributed by atoms with van der Waals surface area (Å²) in [4.78, 5) is 2.31. The summed E-state index contributed by atoms with van der Waals surface area (Å²) >= 11 is 0. The highest BCUT2D eigenvalue weighted by atomic mass is 15.1. The van der Waals surface area contributed by atoms with E-state index in [4.69, 9.17) is 0 Å². The van der Waals surface area contributed by atoms with Crippen LogP contribution in [0.2, 0.25) is 0 Å². The zero-order valence-electron chi connectivity index (χ0n) is 10.7. The molecule has 0 aromatic rings. The third-order valence-electron chi connectivity index (χ3n) is 3.23. The summed E-state index contributed by atoms with van der Waals surface area (Å²) in [5.74, 6) is 0.804. The van der Waals surface area contributed by atoms with Gasteiger partial charge in [-0.3, -0.25) is 0 Å². The summed E-state index contributed by atoms with van der Waals surface area (Å²) in [6.07, 6.45) is 5.51. The first-order valence-corrected chi connectivity index (χ1v) is 6.14. The zero-order valence-corrected chi connectivity index (χ0v) is 10.7. The van der Waals surface area contributed by atoms with Crippen molar-refractivity contribution in [2.45, 2.75) is 51.6 Å². The minimum absolute atomic E-state index is 0.487. The SMILES string of the molecule is C=C(NC(C)C)C(C1CCCC1)N(C)C. The molecule has 0 saturated heterocycles. The quantitative estimate of drug-likeness (QED) is 0.750. The maximum atomic E-state index is 4.21. The number of nitrogens with zero attached hydrogens (tertiary/aromatic N) is 1. The molecule has 0 aliphatic heterocycles. The number of likely N-dealkylation sites (N-methyl/N-ethyl adjacent to an activating group) is 1.